The zero-order valence-electron chi connectivity index (χ0n) is 21.1. The molecule has 2 aliphatic carbocycles. The number of oxime groups is 1. The van der Waals surface area contributed by atoms with Crippen molar-refractivity contribution >= 4 is 23.2 Å². The van der Waals surface area contributed by atoms with Crippen molar-refractivity contribution in [2.75, 3.05) is 5.73 Å². The van der Waals surface area contributed by atoms with Crippen LogP contribution >= 0.6 is 0 Å². The van der Waals surface area contributed by atoms with Crippen molar-refractivity contribution in [1.29, 1.82) is 0 Å². The number of benzene rings is 3. The van der Waals surface area contributed by atoms with E-state index < -0.39 is 5.97 Å². The minimum Gasteiger partial charge on any atom is -0.399 e. The highest BCUT2D eigenvalue weighted by molar-refractivity contribution is 6.46. The molecule has 1 saturated carbocycles. The number of Topliss-reactive ketones (excluding diaryl/α,β-unsaturated/α-hetero) is 1. The lowest BCUT2D eigenvalue weighted by Crippen LogP contribution is -2.24. The Morgan fingerprint density at radius 3 is 2.22 bits per heavy atom. The number of carbonyl (C=O) groups is 2. The van der Waals surface area contributed by atoms with Crippen LogP contribution in [0.1, 0.15) is 78.3 Å². The van der Waals surface area contributed by atoms with Crippen LogP contribution in [-0.2, 0) is 10.3 Å². The van der Waals surface area contributed by atoms with Crippen LogP contribution in [0.4, 0.5) is 5.69 Å². The summed E-state index contributed by atoms with van der Waals surface area (Å²) >= 11 is 0. The normalized spacial score (nSPS) is 19.4. The summed E-state index contributed by atoms with van der Waals surface area (Å²) in [6, 6.07) is 20.7. The molecule has 2 atom stereocenters. The molecule has 2 aliphatic rings. The van der Waals surface area contributed by atoms with E-state index in [0.717, 1.165) is 36.1 Å². The molecular weight excluding hydrogens is 448 g/mol. The maximum atomic E-state index is 13.7. The second-order valence-electron chi connectivity index (χ2n) is 10.1. The Kier molecular flexibility index (Phi) is 6.25. The number of carbonyl (C=O) groups excluding carboxylic acids is 2. The van der Waals surface area contributed by atoms with Crippen LogP contribution in [0.5, 0.6) is 0 Å². The van der Waals surface area contributed by atoms with Gasteiger partial charge in [0.25, 0.3) is 0 Å². The molecule has 3 aromatic carbocycles. The van der Waals surface area contributed by atoms with E-state index in [1.54, 1.807) is 24.3 Å². The quantitative estimate of drug-likeness (QED) is 0.126. The summed E-state index contributed by atoms with van der Waals surface area (Å²) in [6.45, 7) is 6.53. The Balaban J connectivity index is 1.50. The topological polar surface area (TPSA) is 81.8 Å². The van der Waals surface area contributed by atoms with E-state index in [1.807, 2.05) is 30.3 Å². The number of rotatable bonds is 8. The van der Waals surface area contributed by atoms with Crippen LogP contribution in [0.15, 0.2) is 71.9 Å². The molecule has 36 heavy (non-hydrogen) atoms. The summed E-state index contributed by atoms with van der Waals surface area (Å²) < 4.78 is 0. The Hall–Kier alpha value is -3.73. The molecule has 0 aromatic heterocycles. The van der Waals surface area contributed by atoms with Crippen LogP contribution in [-0.4, -0.2) is 17.5 Å². The van der Waals surface area contributed by atoms with Gasteiger partial charge in [0.2, 0.25) is 5.78 Å². The second kappa shape index (κ2) is 9.38. The molecule has 0 aliphatic heterocycles. The first-order chi connectivity index (χ1) is 17.4. The van der Waals surface area contributed by atoms with Crippen LogP contribution in [0.3, 0.4) is 0 Å². The minimum absolute atomic E-state index is 0.186. The summed E-state index contributed by atoms with van der Waals surface area (Å²) in [5, 5.41) is 4.11. The van der Waals surface area contributed by atoms with E-state index in [9.17, 15) is 9.59 Å². The third kappa shape index (κ3) is 4.13. The zero-order chi connectivity index (χ0) is 25.4. The molecule has 0 spiro atoms. The average Bonchev–Trinajstić information content (AvgIpc) is 3.54. The maximum absolute atomic E-state index is 13.7. The second-order valence-corrected chi connectivity index (χ2v) is 10.1. The number of nitrogens with zero attached hydrogens (tertiary/aromatic N) is 1. The minimum atomic E-state index is -0.567. The van der Waals surface area contributed by atoms with Crippen LogP contribution in [0.25, 0.3) is 11.1 Å². The highest BCUT2D eigenvalue weighted by atomic mass is 16.7. The molecule has 1 fully saturated rings. The summed E-state index contributed by atoms with van der Waals surface area (Å²) in [7, 11) is 0. The highest BCUT2D eigenvalue weighted by Gasteiger charge is 2.41. The lowest BCUT2D eigenvalue weighted by atomic mass is 9.73. The number of hydrogen-bond donors (Lipinski definition) is 1. The van der Waals surface area contributed by atoms with Crippen molar-refractivity contribution in [1.82, 2.24) is 0 Å². The first-order valence-electron chi connectivity index (χ1n) is 12.8. The molecule has 2 N–H and O–H groups in total. The third-order valence-corrected chi connectivity index (χ3v) is 8.10. The van der Waals surface area contributed by atoms with E-state index in [2.05, 4.69) is 38.1 Å². The Morgan fingerprint density at radius 2 is 1.58 bits per heavy atom. The van der Waals surface area contributed by atoms with Crippen molar-refractivity contribution in [2.45, 2.75) is 51.9 Å². The van der Waals surface area contributed by atoms with Gasteiger partial charge < -0.3 is 10.6 Å². The Labute approximate surface area is 212 Å². The highest BCUT2D eigenvalue weighted by Crippen LogP contribution is 2.53. The first kappa shape index (κ1) is 24.0. The number of anilines is 1. The lowest BCUT2D eigenvalue weighted by Gasteiger charge is -2.30. The number of nitrogen functional groups attached to an aromatic ring is 1. The number of fused-ring (bicyclic) bond motifs is 3. The van der Waals surface area contributed by atoms with Crippen molar-refractivity contribution in [2.24, 2.45) is 17.0 Å². The van der Waals surface area contributed by atoms with Crippen LogP contribution in [0, 0.1) is 11.8 Å². The van der Waals surface area contributed by atoms with Gasteiger partial charge in [0.1, 0.15) is 5.71 Å². The van der Waals surface area contributed by atoms with E-state index in [1.165, 1.54) is 11.1 Å². The van der Waals surface area contributed by atoms with Crippen molar-refractivity contribution in [3.63, 3.8) is 0 Å². The van der Waals surface area contributed by atoms with Gasteiger partial charge in [-0.05, 0) is 83.7 Å². The Bertz CT molecular complexity index is 1360. The van der Waals surface area contributed by atoms with Gasteiger partial charge in [-0.2, -0.15) is 0 Å². The molecule has 5 heteroatoms. The molecule has 5 rings (SSSR count). The van der Waals surface area contributed by atoms with Gasteiger partial charge in [0.15, 0.2) is 0 Å². The van der Waals surface area contributed by atoms with Gasteiger partial charge in [0.05, 0.1) is 5.56 Å². The predicted octanol–water partition coefficient (Wildman–Crippen LogP) is 6.80. The molecule has 5 nitrogen and oxygen atoms in total. The zero-order valence-corrected chi connectivity index (χ0v) is 21.1. The van der Waals surface area contributed by atoms with Gasteiger partial charge in [-0.3, -0.25) is 4.79 Å². The monoisotopic (exact) mass is 480 g/mol. The fourth-order valence-electron chi connectivity index (χ4n) is 5.66. The summed E-state index contributed by atoms with van der Waals surface area (Å²) in [5.74, 6) is 0.174. The van der Waals surface area contributed by atoms with Crippen LogP contribution in [0.2, 0.25) is 0 Å². The number of hydrogen-bond acceptors (Lipinski definition) is 5. The van der Waals surface area contributed by atoms with Gasteiger partial charge in [0, 0.05) is 23.1 Å². The van der Waals surface area contributed by atoms with Crippen LogP contribution < -0.4 is 5.73 Å². The van der Waals surface area contributed by atoms with E-state index in [0.29, 0.717) is 35.1 Å². The van der Waals surface area contributed by atoms with E-state index in [-0.39, 0.29) is 11.2 Å². The molecule has 0 amide bonds. The van der Waals surface area contributed by atoms with Crippen molar-refractivity contribution in [3.05, 3.63) is 89.0 Å². The van der Waals surface area contributed by atoms with Gasteiger partial charge in [-0.15, -0.1) is 0 Å². The van der Waals surface area contributed by atoms with Gasteiger partial charge in [-0.25, -0.2) is 4.79 Å². The molecule has 2 unspecified atom stereocenters. The standard InChI is InChI=1S/C31H32N2O3/c1-4-31(5-2)26-16-21(11-13-24(26)25-14-12-23(32)18-27(25)31)29(34)28(17-22-15-19(22)3)33-36-30(35)20-9-7-6-8-10-20/h6-14,16,18-19,22H,4-5,15,17,32H2,1-3H3/b33-28+. The number of ketones is 1. The molecule has 0 bridgehead atoms. The summed E-state index contributed by atoms with van der Waals surface area (Å²) in [6.07, 6.45) is 3.36. The molecule has 0 radical (unpaired) electrons. The molecular formula is C31H32N2O3. The van der Waals surface area contributed by atoms with Gasteiger partial charge in [-0.1, -0.05) is 62.3 Å². The molecule has 0 heterocycles. The van der Waals surface area contributed by atoms with E-state index in [4.69, 9.17) is 10.6 Å². The smallest absolute Gasteiger partial charge is 0.365 e. The van der Waals surface area contributed by atoms with Crippen molar-refractivity contribution < 1.29 is 14.4 Å². The molecule has 3 aromatic rings. The van der Waals surface area contributed by atoms with Gasteiger partial charge >= 0.3 is 5.97 Å². The fourth-order valence-corrected chi connectivity index (χ4v) is 5.66. The Morgan fingerprint density at radius 1 is 0.944 bits per heavy atom. The maximum Gasteiger partial charge on any atom is 0.365 e. The third-order valence-electron chi connectivity index (χ3n) is 8.10. The first-order valence-corrected chi connectivity index (χ1v) is 12.8. The largest absolute Gasteiger partial charge is 0.399 e. The predicted molar refractivity (Wildman–Crippen MR) is 143 cm³/mol. The summed E-state index contributed by atoms with van der Waals surface area (Å²) in [4.78, 5) is 31.5. The SMILES string of the molecule is CCC1(CC)c2cc(N)ccc2-c2ccc(C(=O)/C(CC3CC3C)=N/OC(=O)c3ccccc3)cc21. The number of nitrogens with two attached hydrogens (primary N) is 1. The van der Waals surface area contributed by atoms with Crippen molar-refractivity contribution in [3.8, 4) is 11.1 Å². The molecule has 0 saturated heterocycles. The average molecular weight is 481 g/mol. The van der Waals surface area contributed by atoms with E-state index >= 15 is 0 Å². The molecule has 184 valence electrons. The lowest BCUT2D eigenvalue weighted by molar-refractivity contribution is 0.0514. The summed E-state index contributed by atoms with van der Waals surface area (Å²) in [5.41, 5.74) is 12.7. The fraction of sp³-hybridized carbons (Fsp3) is 0.323.